The summed E-state index contributed by atoms with van der Waals surface area (Å²) >= 11 is 7.47. The van der Waals surface area contributed by atoms with Crippen LogP contribution < -0.4 is 11.1 Å². The van der Waals surface area contributed by atoms with E-state index >= 15 is 0 Å². The van der Waals surface area contributed by atoms with Gasteiger partial charge in [0.2, 0.25) is 0 Å². The first kappa shape index (κ1) is 12.1. The fraction of sp³-hybridized carbons (Fsp3) is 0.0833. The summed E-state index contributed by atoms with van der Waals surface area (Å²) in [5, 5.41) is 3.74. The van der Waals surface area contributed by atoms with E-state index in [0.717, 1.165) is 10.6 Å². The summed E-state index contributed by atoms with van der Waals surface area (Å²) in [7, 11) is 0. The van der Waals surface area contributed by atoms with Gasteiger partial charge >= 0.3 is 0 Å². The van der Waals surface area contributed by atoms with Crippen LogP contribution in [0.5, 0.6) is 0 Å². The Morgan fingerprint density at radius 1 is 1.35 bits per heavy atom. The lowest BCUT2D eigenvalue weighted by atomic mass is 10.3. The number of para-hydroxylation sites is 1. The standard InChI is InChI=1S/C12H12ClN3S/c1-17-11-5-3-2-4-10(11)16-12-9(14)6-8(13)7-15-12/h2-7H,14H2,1H3,(H,15,16). The summed E-state index contributed by atoms with van der Waals surface area (Å²) in [5.74, 6) is 0.621. The van der Waals surface area contributed by atoms with Crippen LogP contribution in [0.25, 0.3) is 0 Å². The zero-order chi connectivity index (χ0) is 12.3. The summed E-state index contributed by atoms with van der Waals surface area (Å²) in [6.45, 7) is 0. The van der Waals surface area contributed by atoms with Gasteiger partial charge in [0.05, 0.1) is 16.4 Å². The van der Waals surface area contributed by atoms with Gasteiger partial charge in [0, 0.05) is 11.1 Å². The second-order valence-corrected chi connectivity index (χ2v) is 4.70. The molecule has 5 heteroatoms. The number of halogens is 1. The van der Waals surface area contributed by atoms with Gasteiger partial charge < -0.3 is 11.1 Å². The number of nitrogens with two attached hydrogens (primary N) is 1. The first-order valence-electron chi connectivity index (χ1n) is 5.02. The highest BCUT2D eigenvalue weighted by molar-refractivity contribution is 7.98. The summed E-state index contributed by atoms with van der Waals surface area (Å²) in [4.78, 5) is 5.31. The third-order valence-corrected chi connectivity index (χ3v) is 3.25. The SMILES string of the molecule is CSc1ccccc1Nc1ncc(Cl)cc1N. The van der Waals surface area contributed by atoms with Crippen LogP contribution in [0.1, 0.15) is 0 Å². The maximum atomic E-state index is 5.84. The normalized spacial score (nSPS) is 10.2. The molecule has 1 heterocycles. The van der Waals surface area contributed by atoms with Crippen LogP contribution in [0.4, 0.5) is 17.2 Å². The molecule has 17 heavy (non-hydrogen) atoms. The molecule has 0 fully saturated rings. The molecule has 0 aliphatic heterocycles. The number of pyridine rings is 1. The average Bonchev–Trinajstić information content (AvgIpc) is 2.33. The van der Waals surface area contributed by atoms with Crippen molar-refractivity contribution >= 4 is 40.6 Å². The van der Waals surface area contributed by atoms with Gasteiger partial charge in [-0.2, -0.15) is 0 Å². The molecule has 1 aromatic carbocycles. The van der Waals surface area contributed by atoms with Crippen molar-refractivity contribution in [2.75, 3.05) is 17.3 Å². The first-order chi connectivity index (χ1) is 8.20. The van der Waals surface area contributed by atoms with E-state index in [9.17, 15) is 0 Å². The van der Waals surface area contributed by atoms with Crippen molar-refractivity contribution in [3.05, 3.63) is 41.6 Å². The number of nitrogen functional groups attached to an aromatic ring is 1. The largest absolute Gasteiger partial charge is 0.396 e. The van der Waals surface area contributed by atoms with Gasteiger partial charge in [0.15, 0.2) is 5.82 Å². The van der Waals surface area contributed by atoms with E-state index in [1.807, 2.05) is 30.5 Å². The lowest BCUT2D eigenvalue weighted by Gasteiger charge is -2.11. The molecule has 0 saturated carbocycles. The summed E-state index contributed by atoms with van der Waals surface area (Å²) in [6.07, 6.45) is 3.60. The number of thioether (sulfide) groups is 1. The second-order valence-electron chi connectivity index (χ2n) is 3.42. The fourth-order valence-corrected chi connectivity index (χ4v) is 2.15. The maximum absolute atomic E-state index is 5.84. The second kappa shape index (κ2) is 5.29. The van der Waals surface area contributed by atoms with E-state index in [4.69, 9.17) is 17.3 Å². The van der Waals surface area contributed by atoms with Crippen molar-refractivity contribution in [1.29, 1.82) is 0 Å². The Morgan fingerprint density at radius 2 is 2.12 bits per heavy atom. The van der Waals surface area contributed by atoms with Crippen molar-refractivity contribution in [3.8, 4) is 0 Å². The molecule has 2 aromatic rings. The first-order valence-corrected chi connectivity index (χ1v) is 6.62. The van der Waals surface area contributed by atoms with Gasteiger partial charge in [0.25, 0.3) is 0 Å². The highest BCUT2D eigenvalue weighted by Gasteiger charge is 2.05. The van der Waals surface area contributed by atoms with Crippen molar-refractivity contribution in [2.24, 2.45) is 0 Å². The number of hydrogen-bond donors (Lipinski definition) is 2. The predicted octanol–water partition coefficient (Wildman–Crippen LogP) is 3.78. The number of benzene rings is 1. The van der Waals surface area contributed by atoms with E-state index in [1.54, 1.807) is 24.0 Å². The predicted molar refractivity (Wildman–Crippen MR) is 75.2 cm³/mol. The molecular weight excluding hydrogens is 254 g/mol. The molecular formula is C12H12ClN3S. The lowest BCUT2D eigenvalue weighted by Crippen LogP contribution is -1.99. The highest BCUT2D eigenvalue weighted by atomic mass is 35.5. The zero-order valence-corrected chi connectivity index (χ0v) is 10.8. The Labute approximate surface area is 109 Å². The lowest BCUT2D eigenvalue weighted by molar-refractivity contribution is 1.29. The minimum atomic E-state index is 0.534. The fourth-order valence-electron chi connectivity index (χ4n) is 1.43. The number of nitrogens with zero attached hydrogens (tertiary/aromatic N) is 1. The molecule has 0 spiro atoms. The van der Waals surface area contributed by atoms with E-state index in [0.29, 0.717) is 16.5 Å². The van der Waals surface area contributed by atoms with Crippen molar-refractivity contribution in [2.45, 2.75) is 4.90 Å². The number of aromatic nitrogens is 1. The molecule has 0 radical (unpaired) electrons. The van der Waals surface area contributed by atoms with Gasteiger partial charge in [-0.25, -0.2) is 4.98 Å². The number of hydrogen-bond acceptors (Lipinski definition) is 4. The maximum Gasteiger partial charge on any atom is 0.153 e. The van der Waals surface area contributed by atoms with Gasteiger partial charge in [0.1, 0.15) is 0 Å². The smallest absolute Gasteiger partial charge is 0.153 e. The summed E-state index contributed by atoms with van der Waals surface area (Å²) in [6, 6.07) is 9.67. The number of rotatable bonds is 3. The molecule has 2 rings (SSSR count). The Bertz CT molecular complexity index is 531. The van der Waals surface area contributed by atoms with Crippen LogP contribution in [0, 0.1) is 0 Å². The van der Waals surface area contributed by atoms with Crippen LogP contribution in [0.15, 0.2) is 41.4 Å². The Hall–Kier alpha value is -1.39. The van der Waals surface area contributed by atoms with Gasteiger partial charge in [-0.05, 0) is 24.5 Å². The quantitative estimate of drug-likeness (QED) is 0.829. The molecule has 3 N–H and O–H groups in total. The third kappa shape index (κ3) is 2.84. The molecule has 3 nitrogen and oxygen atoms in total. The molecule has 88 valence electrons. The Morgan fingerprint density at radius 3 is 2.82 bits per heavy atom. The minimum absolute atomic E-state index is 0.534. The van der Waals surface area contributed by atoms with E-state index in [1.165, 1.54) is 0 Å². The van der Waals surface area contributed by atoms with E-state index in [2.05, 4.69) is 10.3 Å². The van der Waals surface area contributed by atoms with Crippen LogP contribution >= 0.6 is 23.4 Å². The molecule has 0 aliphatic carbocycles. The van der Waals surface area contributed by atoms with Gasteiger partial charge in [-0.15, -0.1) is 11.8 Å². The van der Waals surface area contributed by atoms with Crippen molar-refractivity contribution < 1.29 is 0 Å². The molecule has 0 unspecified atom stereocenters. The van der Waals surface area contributed by atoms with Crippen LogP contribution in [0.2, 0.25) is 5.02 Å². The molecule has 0 aliphatic rings. The highest BCUT2D eigenvalue weighted by Crippen LogP contribution is 2.29. The monoisotopic (exact) mass is 265 g/mol. The Kier molecular flexibility index (Phi) is 3.76. The van der Waals surface area contributed by atoms with Gasteiger partial charge in [-0.1, -0.05) is 23.7 Å². The Balaban J connectivity index is 2.31. The van der Waals surface area contributed by atoms with E-state index < -0.39 is 0 Å². The molecule has 0 saturated heterocycles. The van der Waals surface area contributed by atoms with Crippen LogP contribution in [-0.2, 0) is 0 Å². The topological polar surface area (TPSA) is 50.9 Å². The molecule has 0 atom stereocenters. The summed E-state index contributed by atoms with van der Waals surface area (Å²) < 4.78 is 0. The number of anilines is 3. The average molecular weight is 266 g/mol. The third-order valence-electron chi connectivity index (χ3n) is 2.24. The van der Waals surface area contributed by atoms with Crippen LogP contribution in [0.3, 0.4) is 0 Å². The van der Waals surface area contributed by atoms with Gasteiger partial charge in [-0.3, -0.25) is 0 Å². The summed E-state index contributed by atoms with van der Waals surface area (Å²) in [5.41, 5.74) is 7.37. The molecule has 1 aromatic heterocycles. The van der Waals surface area contributed by atoms with Crippen molar-refractivity contribution in [3.63, 3.8) is 0 Å². The van der Waals surface area contributed by atoms with E-state index in [-0.39, 0.29) is 0 Å². The molecule has 0 amide bonds. The molecule has 0 bridgehead atoms. The number of nitrogens with one attached hydrogen (secondary N) is 1. The zero-order valence-electron chi connectivity index (χ0n) is 9.27. The van der Waals surface area contributed by atoms with Crippen LogP contribution in [-0.4, -0.2) is 11.2 Å². The minimum Gasteiger partial charge on any atom is -0.396 e. The van der Waals surface area contributed by atoms with Crippen molar-refractivity contribution in [1.82, 2.24) is 4.98 Å².